The molecule has 1 heterocycles. The van der Waals surface area contributed by atoms with E-state index < -0.39 is 35.2 Å². The lowest BCUT2D eigenvalue weighted by molar-refractivity contribution is 0.0559. The monoisotopic (exact) mass is 441 g/mol. The van der Waals surface area contributed by atoms with Crippen molar-refractivity contribution in [1.29, 1.82) is 0 Å². The smallest absolute Gasteiger partial charge is 0.415 e. The zero-order valence-electron chi connectivity index (χ0n) is 15.2. The minimum absolute atomic E-state index is 0.117. The fourth-order valence-corrected chi connectivity index (χ4v) is 3.85. The Morgan fingerprint density at radius 2 is 1.81 bits per heavy atom. The minimum Gasteiger partial charge on any atom is -0.443 e. The standard InChI is InChI=1S/C20H19BrF3NO2/c1-20(2,3)27-19(26)25-16(11-4-6-12(22)7-5-11)9-8-13-17(24)15(23)10-14(21)18(13)25/h4-7,10,16H,8-9H2,1-3H3. The third kappa shape index (κ3) is 3.98. The average molecular weight is 442 g/mol. The molecule has 0 fully saturated rings. The molecule has 3 rings (SSSR count). The molecule has 2 aromatic carbocycles. The highest BCUT2D eigenvalue weighted by atomic mass is 79.9. The van der Waals surface area contributed by atoms with E-state index in [2.05, 4.69) is 15.9 Å². The molecule has 2 aromatic rings. The number of benzene rings is 2. The Hall–Kier alpha value is -2.02. The number of amides is 1. The van der Waals surface area contributed by atoms with Gasteiger partial charge in [0.1, 0.15) is 11.4 Å². The van der Waals surface area contributed by atoms with Crippen molar-refractivity contribution in [2.45, 2.75) is 45.3 Å². The van der Waals surface area contributed by atoms with Crippen LogP contribution in [0.15, 0.2) is 34.8 Å². The molecule has 1 aliphatic rings. The number of halogens is 4. The van der Waals surface area contributed by atoms with Crippen molar-refractivity contribution in [2.24, 2.45) is 0 Å². The van der Waals surface area contributed by atoms with E-state index in [4.69, 9.17) is 4.74 Å². The number of anilines is 1. The number of rotatable bonds is 1. The lowest BCUT2D eigenvalue weighted by atomic mass is 9.91. The molecule has 0 radical (unpaired) electrons. The van der Waals surface area contributed by atoms with Crippen LogP contribution in [0.25, 0.3) is 0 Å². The van der Waals surface area contributed by atoms with E-state index in [9.17, 15) is 18.0 Å². The van der Waals surface area contributed by atoms with Gasteiger partial charge < -0.3 is 4.74 Å². The average Bonchev–Trinajstić information content (AvgIpc) is 2.58. The van der Waals surface area contributed by atoms with Gasteiger partial charge in [-0.15, -0.1) is 0 Å². The van der Waals surface area contributed by atoms with E-state index in [1.807, 2.05) is 0 Å². The zero-order chi connectivity index (χ0) is 19.9. The number of hydrogen-bond donors (Lipinski definition) is 0. The Kier molecular flexibility index (Phi) is 5.25. The van der Waals surface area contributed by atoms with Gasteiger partial charge in [0.15, 0.2) is 11.6 Å². The molecule has 1 unspecified atom stereocenters. The summed E-state index contributed by atoms with van der Waals surface area (Å²) in [5.41, 5.74) is 0.270. The van der Waals surface area contributed by atoms with E-state index in [-0.39, 0.29) is 22.1 Å². The molecule has 7 heteroatoms. The van der Waals surface area contributed by atoms with Gasteiger partial charge in [-0.05, 0) is 73.3 Å². The second kappa shape index (κ2) is 7.19. The van der Waals surface area contributed by atoms with E-state index >= 15 is 0 Å². The Morgan fingerprint density at radius 3 is 2.41 bits per heavy atom. The first-order chi connectivity index (χ1) is 12.6. The normalized spacial score (nSPS) is 16.9. The van der Waals surface area contributed by atoms with E-state index in [0.717, 1.165) is 6.07 Å². The fourth-order valence-electron chi connectivity index (χ4n) is 3.22. The summed E-state index contributed by atoms with van der Waals surface area (Å²) in [6, 6.07) is 6.27. The van der Waals surface area contributed by atoms with Crippen LogP contribution < -0.4 is 4.90 Å². The summed E-state index contributed by atoms with van der Waals surface area (Å²) >= 11 is 3.25. The largest absolute Gasteiger partial charge is 0.443 e. The Bertz CT molecular complexity index is 878. The maximum atomic E-state index is 14.4. The first kappa shape index (κ1) is 19.7. The van der Waals surface area contributed by atoms with Crippen LogP contribution in [0.3, 0.4) is 0 Å². The molecule has 1 amide bonds. The van der Waals surface area contributed by atoms with Gasteiger partial charge in [-0.25, -0.2) is 18.0 Å². The Labute approximate surface area is 164 Å². The SMILES string of the molecule is CC(C)(C)OC(=O)N1c2c(Br)cc(F)c(F)c2CCC1c1ccc(F)cc1. The van der Waals surface area contributed by atoms with Crippen LogP contribution in [0.5, 0.6) is 0 Å². The quantitative estimate of drug-likeness (QED) is 0.486. The molecule has 0 aromatic heterocycles. The second-order valence-electron chi connectivity index (χ2n) is 7.44. The molecule has 1 aliphatic heterocycles. The molecule has 0 saturated heterocycles. The van der Waals surface area contributed by atoms with Gasteiger partial charge in [-0.2, -0.15) is 0 Å². The number of carbonyl (C=O) groups excluding carboxylic acids is 1. The number of carbonyl (C=O) groups is 1. The first-order valence-electron chi connectivity index (χ1n) is 8.52. The van der Waals surface area contributed by atoms with Gasteiger partial charge in [0.25, 0.3) is 0 Å². The third-order valence-electron chi connectivity index (χ3n) is 4.31. The van der Waals surface area contributed by atoms with Gasteiger partial charge in [-0.3, -0.25) is 4.90 Å². The van der Waals surface area contributed by atoms with Crippen LogP contribution in [0.4, 0.5) is 23.7 Å². The summed E-state index contributed by atoms with van der Waals surface area (Å²) in [7, 11) is 0. The van der Waals surface area contributed by atoms with Crippen molar-refractivity contribution in [1.82, 2.24) is 0 Å². The van der Waals surface area contributed by atoms with Crippen LogP contribution in [0.1, 0.15) is 44.4 Å². The summed E-state index contributed by atoms with van der Waals surface area (Å²) in [6.45, 7) is 5.18. The topological polar surface area (TPSA) is 29.5 Å². The van der Waals surface area contributed by atoms with Crippen molar-refractivity contribution >= 4 is 27.7 Å². The highest BCUT2D eigenvalue weighted by Crippen LogP contribution is 2.45. The summed E-state index contributed by atoms with van der Waals surface area (Å²) in [6.07, 6.45) is -0.0895. The molecular weight excluding hydrogens is 423 g/mol. The number of nitrogens with zero attached hydrogens (tertiary/aromatic N) is 1. The van der Waals surface area contributed by atoms with Gasteiger partial charge in [-0.1, -0.05) is 12.1 Å². The van der Waals surface area contributed by atoms with Gasteiger partial charge in [0.05, 0.1) is 11.7 Å². The van der Waals surface area contributed by atoms with Crippen LogP contribution in [-0.2, 0) is 11.2 Å². The van der Waals surface area contributed by atoms with Crippen LogP contribution >= 0.6 is 15.9 Å². The highest BCUT2D eigenvalue weighted by Gasteiger charge is 2.38. The predicted octanol–water partition coefficient (Wildman–Crippen LogP) is 6.30. The molecule has 0 N–H and O–H groups in total. The van der Waals surface area contributed by atoms with Crippen LogP contribution in [0, 0.1) is 17.5 Å². The molecule has 144 valence electrons. The number of ether oxygens (including phenoxy) is 1. The molecule has 0 bridgehead atoms. The summed E-state index contributed by atoms with van der Waals surface area (Å²) < 4.78 is 47.3. The molecule has 27 heavy (non-hydrogen) atoms. The van der Waals surface area contributed by atoms with Crippen molar-refractivity contribution < 1.29 is 22.7 Å². The van der Waals surface area contributed by atoms with Gasteiger partial charge in [0.2, 0.25) is 0 Å². The van der Waals surface area contributed by atoms with Crippen molar-refractivity contribution in [3.05, 3.63) is 63.4 Å². The maximum Gasteiger partial charge on any atom is 0.415 e. The van der Waals surface area contributed by atoms with Crippen molar-refractivity contribution in [2.75, 3.05) is 4.90 Å². The van der Waals surface area contributed by atoms with E-state index in [0.29, 0.717) is 12.0 Å². The predicted molar refractivity (Wildman–Crippen MR) is 100 cm³/mol. The van der Waals surface area contributed by atoms with Gasteiger partial charge in [0, 0.05) is 10.0 Å². The third-order valence-corrected chi connectivity index (χ3v) is 4.91. The fraction of sp³-hybridized carbons (Fsp3) is 0.350. The maximum absolute atomic E-state index is 14.4. The Balaban J connectivity index is 2.14. The second-order valence-corrected chi connectivity index (χ2v) is 8.29. The van der Waals surface area contributed by atoms with Crippen molar-refractivity contribution in [3.8, 4) is 0 Å². The summed E-state index contributed by atoms with van der Waals surface area (Å²) in [5, 5.41) is 0. The molecule has 1 atom stereocenters. The number of fused-ring (bicyclic) bond motifs is 1. The summed E-state index contributed by atoms with van der Waals surface area (Å²) in [5.74, 6) is -2.35. The lowest BCUT2D eigenvalue weighted by Crippen LogP contribution is -2.42. The molecule has 3 nitrogen and oxygen atoms in total. The van der Waals surface area contributed by atoms with Crippen LogP contribution in [0.2, 0.25) is 0 Å². The Morgan fingerprint density at radius 1 is 1.19 bits per heavy atom. The van der Waals surface area contributed by atoms with E-state index in [1.54, 1.807) is 32.9 Å². The molecule has 0 saturated carbocycles. The molecular formula is C20H19BrF3NO2. The zero-order valence-corrected chi connectivity index (χ0v) is 16.7. The molecule has 0 aliphatic carbocycles. The van der Waals surface area contributed by atoms with Crippen molar-refractivity contribution in [3.63, 3.8) is 0 Å². The van der Waals surface area contributed by atoms with E-state index in [1.165, 1.54) is 17.0 Å². The highest BCUT2D eigenvalue weighted by molar-refractivity contribution is 9.10. The minimum atomic E-state index is -0.981. The van der Waals surface area contributed by atoms with Gasteiger partial charge >= 0.3 is 6.09 Å². The van der Waals surface area contributed by atoms with Crippen LogP contribution in [-0.4, -0.2) is 11.7 Å². The summed E-state index contributed by atoms with van der Waals surface area (Å²) in [4.78, 5) is 14.3. The first-order valence-corrected chi connectivity index (χ1v) is 9.32. The lowest BCUT2D eigenvalue weighted by Gasteiger charge is -2.39. The number of hydrogen-bond acceptors (Lipinski definition) is 2. The molecule has 0 spiro atoms.